The number of hydrogen-bond donors (Lipinski definition) is 0. The van der Waals surface area contributed by atoms with Crippen LogP contribution in [-0.4, -0.2) is 15.0 Å². The Bertz CT molecular complexity index is 3570. The van der Waals surface area contributed by atoms with E-state index in [2.05, 4.69) is 206 Å². The number of nitrogens with zero attached hydrogens (tertiary/aromatic N) is 3. The standard InChI is InChI=1S/C64H47N3/c1-4-15-39(16-5-1)42-21-12-23-46(31-42)60-65-61(47-24-13-22-43(32-47)40-17-6-2-7-18-40)67-62(66-60)54-35-45-30-29-44(41-19-8-3-9-20-41)33-48(45)36-53(54)51-26-14-28-56-58(51)52-25-10-11-27-55(52)64(56)57-37-49-34-50-38-63(50,57)59(49)64/h1-21,23-33,35-36,43,49-50,57,59H,22,34,37-38H2. The van der Waals surface area contributed by atoms with E-state index in [4.69, 9.17) is 15.0 Å². The predicted molar refractivity (Wildman–Crippen MR) is 272 cm³/mol. The van der Waals surface area contributed by atoms with Crippen molar-refractivity contribution < 1.29 is 0 Å². The minimum Gasteiger partial charge on any atom is -0.208 e. The van der Waals surface area contributed by atoms with Crippen LogP contribution in [0.25, 0.3) is 83.6 Å². The Morgan fingerprint density at radius 3 is 1.93 bits per heavy atom. The van der Waals surface area contributed by atoms with Crippen molar-refractivity contribution in [3.05, 3.63) is 229 Å². The molecule has 7 atom stereocenters. The molecular formula is C64H47N3. The average Bonchev–Trinajstić information content (AvgIpc) is 3.62. The van der Waals surface area contributed by atoms with E-state index in [0.717, 1.165) is 68.9 Å². The summed E-state index contributed by atoms with van der Waals surface area (Å²) in [7, 11) is 0. The third-order valence-corrected chi connectivity index (χ3v) is 17.2. The lowest BCUT2D eigenvalue weighted by atomic mass is 9.46. The molecule has 0 N–H and O–H groups in total. The van der Waals surface area contributed by atoms with Crippen LogP contribution in [0.3, 0.4) is 0 Å². The van der Waals surface area contributed by atoms with Gasteiger partial charge in [-0.1, -0.05) is 182 Å². The van der Waals surface area contributed by atoms with Gasteiger partial charge in [-0.05, 0) is 151 Å². The lowest BCUT2D eigenvalue weighted by Gasteiger charge is -2.56. The molecule has 1 aromatic heterocycles. The Morgan fingerprint density at radius 1 is 0.463 bits per heavy atom. The van der Waals surface area contributed by atoms with Gasteiger partial charge in [0.05, 0.1) is 0 Å². The molecule has 8 aromatic carbocycles. The van der Waals surface area contributed by atoms with Gasteiger partial charge in [-0.15, -0.1) is 0 Å². The number of allylic oxidation sites excluding steroid dienone is 4. The van der Waals surface area contributed by atoms with Gasteiger partial charge in [0.25, 0.3) is 0 Å². The van der Waals surface area contributed by atoms with Gasteiger partial charge in [-0.25, -0.2) is 15.0 Å². The molecule has 2 spiro atoms. The number of benzene rings is 8. The molecule has 5 fully saturated rings. The second-order valence-corrected chi connectivity index (χ2v) is 20.3. The molecule has 7 aliphatic carbocycles. The molecule has 3 nitrogen and oxygen atoms in total. The van der Waals surface area contributed by atoms with E-state index in [-0.39, 0.29) is 11.3 Å². The van der Waals surface area contributed by atoms with Crippen molar-refractivity contribution in [1.29, 1.82) is 0 Å². The van der Waals surface area contributed by atoms with Crippen LogP contribution in [0, 0.1) is 29.1 Å². The number of rotatable bonds is 7. The van der Waals surface area contributed by atoms with Gasteiger partial charge in [0.2, 0.25) is 0 Å². The summed E-state index contributed by atoms with van der Waals surface area (Å²) >= 11 is 0. The number of hydrogen-bond acceptors (Lipinski definition) is 3. The molecule has 67 heavy (non-hydrogen) atoms. The Morgan fingerprint density at radius 2 is 1.12 bits per heavy atom. The van der Waals surface area contributed by atoms with Crippen molar-refractivity contribution in [3.8, 4) is 67.3 Å². The van der Waals surface area contributed by atoms with Gasteiger partial charge >= 0.3 is 0 Å². The van der Waals surface area contributed by atoms with E-state index < -0.39 is 0 Å². The minimum absolute atomic E-state index is 0.113. The quantitative estimate of drug-likeness (QED) is 0.160. The maximum Gasteiger partial charge on any atom is 0.164 e. The summed E-state index contributed by atoms with van der Waals surface area (Å²) in [6.45, 7) is 0. The van der Waals surface area contributed by atoms with Gasteiger partial charge in [0.15, 0.2) is 17.5 Å². The molecule has 3 heteroatoms. The van der Waals surface area contributed by atoms with E-state index in [0.29, 0.717) is 22.9 Å². The Kier molecular flexibility index (Phi) is 7.89. The maximum atomic E-state index is 5.55. The minimum atomic E-state index is 0.113. The normalized spacial score (nSPS) is 25.4. The summed E-state index contributed by atoms with van der Waals surface area (Å²) in [5.74, 6) is 5.58. The molecule has 7 aliphatic rings. The second-order valence-electron chi connectivity index (χ2n) is 20.3. The second kappa shape index (κ2) is 14.0. The first-order valence-corrected chi connectivity index (χ1v) is 24.4. The molecule has 4 bridgehead atoms. The van der Waals surface area contributed by atoms with Crippen molar-refractivity contribution in [3.63, 3.8) is 0 Å². The van der Waals surface area contributed by atoms with Gasteiger partial charge in [-0.2, -0.15) is 0 Å². The predicted octanol–water partition coefficient (Wildman–Crippen LogP) is 15.4. The molecule has 9 aromatic rings. The average molecular weight is 858 g/mol. The number of aromatic nitrogens is 3. The first-order chi connectivity index (χ1) is 33.1. The molecule has 1 heterocycles. The van der Waals surface area contributed by atoms with Crippen molar-refractivity contribution in [1.82, 2.24) is 15.0 Å². The summed E-state index contributed by atoms with van der Waals surface area (Å²) in [6.07, 6.45) is 12.1. The largest absolute Gasteiger partial charge is 0.208 e. The summed E-state index contributed by atoms with van der Waals surface area (Å²) in [6, 6.07) is 69.3. The molecular weight excluding hydrogens is 811 g/mol. The fourth-order valence-corrected chi connectivity index (χ4v) is 14.7. The van der Waals surface area contributed by atoms with Crippen LogP contribution in [0.2, 0.25) is 0 Å². The van der Waals surface area contributed by atoms with Gasteiger partial charge in [0.1, 0.15) is 0 Å². The van der Waals surface area contributed by atoms with Crippen LogP contribution in [-0.2, 0) is 5.41 Å². The highest BCUT2D eigenvalue weighted by Gasteiger charge is 2.89. The topological polar surface area (TPSA) is 38.7 Å². The van der Waals surface area contributed by atoms with E-state index in [1.807, 2.05) is 0 Å². The molecule has 7 unspecified atom stereocenters. The van der Waals surface area contributed by atoms with Crippen LogP contribution in [0.15, 0.2) is 206 Å². The lowest BCUT2D eigenvalue weighted by molar-refractivity contribution is 0.0168. The lowest BCUT2D eigenvalue weighted by Crippen LogP contribution is -2.55. The van der Waals surface area contributed by atoms with E-state index >= 15 is 0 Å². The van der Waals surface area contributed by atoms with Crippen LogP contribution in [0.5, 0.6) is 0 Å². The first-order valence-electron chi connectivity index (χ1n) is 24.4. The fraction of sp³-hybridized carbons (Fsp3) is 0.172. The summed E-state index contributed by atoms with van der Waals surface area (Å²) in [4.78, 5) is 16.4. The Labute approximate surface area is 391 Å². The highest BCUT2D eigenvalue weighted by atomic mass is 15.0. The monoisotopic (exact) mass is 857 g/mol. The molecule has 0 radical (unpaired) electrons. The van der Waals surface area contributed by atoms with Crippen LogP contribution < -0.4 is 0 Å². The van der Waals surface area contributed by atoms with Gasteiger partial charge in [0, 0.05) is 28.0 Å². The summed E-state index contributed by atoms with van der Waals surface area (Å²) in [5, 5.41) is 2.36. The maximum absolute atomic E-state index is 5.55. The fourth-order valence-electron chi connectivity index (χ4n) is 14.7. The third kappa shape index (κ3) is 5.31. The van der Waals surface area contributed by atoms with Crippen LogP contribution in [0.1, 0.15) is 54.1 Å². The van der Waals surface area contributed by atoms with Gasteiger partial charge < -0.3 is 0 Å². The van der Waals surface area contributed by atoms with E-state index in [1.54, 1.807) is 11.1 Å². The number of fused-ring (bicyclic) bond motifs is 4. The van der Waals surface area contributed by atoms with Crippen molar-refractivity contribution in [2.24, 2.45) is 29.1 Å². The highest BCUT2D eigenvalue weighted by Crippen LogP contribution is 2.94. The zero-order chi connectivity index (χ0) is 43.8. The zero-order valence-electron chi connectivity index (χ0n) is 37.2. The molecule has 0 saturated heterocycles. The Hall–Kier alpha value is -7.49. The van der Waals surface area contributed by atoms with Crippen molar-refractivity contribution in [2.75, 3.05) is 0 Å². The SMILES string of the molecule is C1=CC(c2nc(-c3cccc(-c4ccccc4)c3)nc(-c3cc4ccc(-c5ccccc5)cc4cc3-c3cccc4c3-c3ccccc3C43C4CC5CC6CC64C53)n2)=CC(c2ccccc2)C1. The van der Waals surface area contributed by atoms with E-state index in [1.165, 1.54) is 58.0 Å². The highest BCUT2D eigenvalue weighted by molar-refractivity contribution is 6.03. The first kappa shape index (κ1) is 37.7. The molecule has 16 rings (SSSR count). The van der Waals surface area contributed by atoms with Crippen molar-refractivity contribution in [2.45, 2.75) is 37.0 Å². The van der Waals surface area contributed by atoms with Crippen molar-refractivity contribution >= 4 is 16.3 Å². The molecule has 0 amide bonds. The van der Waals surface area contributed by atoms with E-state index in [9.17, 15) is 0 Å². The molecule has 5 saturated carbocycles. The molecule has 0 aliphatic heterocycles. The summed E-state index contributed by atoms with van der Waals surface area (Å²) in [5.41, 5.74) is 18.1. The van der Waals surface area contributed by atoms with Crippen LogP contribution >= 0.6 is 0 Å². The molecule has 318 valence electrons. The van der Waals surface area contributed by atoms with Crippen LogP contribution in [0.4, 0.5) is 0 Å². The Balaban J connectivity index is 0.974. The van der Waals surface area contributed by atoms with Gasteiger partial charge in [-0.3, -0.25) is 0 Å². The smallest absolute Gasteiger partial charge is 0.164 e. The summed E-state index contributed by atoms with van der Waals surface area (Å²) < 4.78 is 0. The zero-order valence-corrected chi connectivity index (χ0v) is 37.2. The third-order valence-electron chi connectivity index (χ3n) is 17.2.